The predicted octanol–water partition coefficient (Wildman–Crippen LogP) is 5.10. The van der Waals surface area contributed by atoms with E-state index in [4.69, 9.17) is 0 Å². The summed E-state index contributed by atoms with van der Waals surface area (Å²) in [4.78, 5) is 12.6. The van der Waals surface area contributed by atoms with Gasteiger partial charge in [0, 0.05) is 10.4 Å². The molecule has 2 heteroatoms. The molecule has 0 bridgehead atoms. The Morgan fingerprint density at radius 2 is 1.84 bits per heavy atom. The summed E-state index contributed by atoms with van der Waals surface area (Å²) in [6, 6.07) is 8.14. The standard InChI is InChI=1S/C17H21BrO/c1-11(2)15-9-4-12(3)16(17(15)19)10-13-5-7-14(18)8-6-13/h5-8,10-12,15H,4,9H2,1-3H3/t12-,15+/m0/s1. The number of ketones is 1. The van der Waals surface area contributed by atoms with Crippen LogP contribution in [0.15, 0.2) is 34.3 Å². The molecule has 0 spiro atoms. The number of Topliss-reactive ketones (excluding diaryl/α,β-unsaturated/α-hetero) is 1. The maximum Gasteiger partial charge on any atom is 0.162 e. The van der Waals surface area contributed by atoms with Gasteiger partial charge in [0.15, 0.2) is 5.78 Å². The zero-order valence-electron chi connectivity index (χ0n) is 11.8. The highest BCUT2D eigenvalue weighted by Gasteiger charge is 2.32. The zero-order valence-corrected chi connectivity index (χ0v) is 13.4. The second-order valence-corrected chi connectivity index (χ2v) is 6.76. The van der Waals surface area contributed by atoms with Gasteiger partial charge in [-0.2, -0.15) is 0 Å². The van der Waals surface area contributed by atoms with Crippen molar-refractivity contribution in [2.24, 2.45) is 17.8 Å². The summed E-state index contributed by atoms with van der Waals surface area (Å²) in [5.74, 6) is 1.38. The first kappa shape index (κ1) is 14.5. The lowest BCUT2D eigenvalue weighted by atomic mass is 9.73. The Morgan fingerprint density at radius 3 is 2.42 bits per heavy atom. The van der Waals surface area contributed by atoms with Gasteiger partial charge < -0.3 is 0 Å². The third-order valence-corrected chi connectivity index (χ3v) is 4.59. The van der Waals surface area contributed by atoms with Crippen molar-refractivity contribution in [1.82, 2.24) is 0 Å². The monoisotopic (exact) mass is 320 g/mol. The smallest absolute Gasteiger partial charge is 0.162 e. The summed E-state index contributed by atoms with van der Waals surface area (Å²) in [5, 5.41) is 0. The van der Waals surface area contributed by atoms with Crippen LogP contribution in [-0.4, -0.2) is 5.78 Å². The van der Waals surface area contributed by atoms with Crippen molar-refractivity contribution < 1.29 is 4.79 Å². The van der Waals surface area contributed by atoms with Crippen molar-refractivity contribution >= 4 is 27.8 Å². The second-order valence-electron chi connectivity index (χ2n) is 5.84. The largest absolute Gasteiger partial charge is 0.294 e. The fourth-order valence-corrected chi connectivity index (χ4v) is 3.03. The highest BCUT2D eigenvalue weighted by Crippen LogP contribution is 2.35. The average Bonchev–Trinajstić information content (AvgIpc) is 2.36. The first-order valence-electron chi connectivity index (χ1n) is 7.00. The highest BCUT2D eigenvalue weighted by atomic mass is 79.9. The second kappa shape index (κ2) is 6.04. The normalized spacial score (nSPS) is 26.2. The van der Waals surface area contributed by atoms with Gasteiger partial charge >= 0.3 is 0 Å². The molecule has 0 N–H and O–H groups in total. The molecule has 19 heavy (non-hydrogen) atoms. The molecule has 1 saturated carbocycles. The maximum atomic E-state index is 12.6. The summed E-state index contributed by atoms with van der Waals surface area (Å²) in [6.45, 7) is 6.46. The van der Waals surface area contributed by atoms with Crippen LogP contribution in [-0.2, 0) is 4.79 Å². The molecular formula is C17H21BrO. The average molecular weight is 321 g/mol. The molecule has 1 aromatic rings. The Bertz CT molecular complexity index is 484. The third kappa shape index (κ3) is 3.36. The van der Waals surface area contributed by atoms with E-state index in [0.29, 0.717) is 17.6 Å². The van der Waals surface area contributed by atoms with Crippen molar-refractivity contribution in [3.63, 3.8) is 0 Å². The van der Waals surface area contributed by atoms with Crippen LogP contribution < -0.4 is 0 Å². The molecule has 1 aromatic carbocycles. The number of halogens is 1. The van der Waals surface area contributed by atoms with Crippen LogP contribution in [0.3, 0.4) is 0 Å². The minimum Gasteiger partial charge on any atom is -0.294 e. The molecule has 2 rings (SSSR count). The summed E-state index contributed by atoms with van der Waals surface area (Å²) in [7, 11) is 0. The van der Waals surface area contributed by atoms with E-state index in [1.165, 1.54) is 0 Å². The molecule has 102 valence electrons. The van der Waals surface area contributed by atoms with E-state index >= 15 is 0 Å². The van der Waals surface area contributed by atoms with E-state index in [0.717, 1.165) is 28.5 Å². The molecular weight excluding hydrogens is 300 g/mol. The molecule has 2 atom stereocenters. The Labute approximate surface area is 124 Å². The van der Waals surface area contributed by atoms with Crippen LogP contribution in [0, 0.1) is 17.8 Å². The molecule has 1 nitrogen and oxygen atoms in total. The topological polar surface area (TPSA) is 17.1 Å². The molecule has 0 heterocycles. The number of carbonyl (C=O) groups excluding carboxylic acids is 1. The number of rotatable bonds is 2. The van der Waals surface area contributed by atoms with Crippen molar-refractivity contribution in [3.8, 4) is 0 Å². The Balaban J connectivity index is 2.29. The fraction of sp³-hybridized carbons (Fsp3) is 0.471. The van der Waals surface area contributed by atoms with Crippen LogP contribution in [0.1, 0.15) is 39.2 Å². The highest BCUT2D eigenvalue weighted by molar-refractivity contribution is 9.10. The van der Waals surface area contributed by atoms with Crippen LogP contribution >= 0.6 is 15.9 Å². The molecule has 1 fully saturated rings. The van der Waals surface area contributed by atoms with E-state index in [2.05, 4.69) is 54.9 Å². The molecule has 0 aliphatic heterocycles. The minimum absolute atomic E-state index is 0.206. The summed E-state index contributed by atoms with van der Waals surface area (Å²) >= 11 is 3.44. The lowest BCUT2D eigenvalue weighted by molar-refractivity contribution is -0.122. The van der Waals surface area contributed by atoms with Crippen molar-refractivity contribution in [1.29, 1.82) is 0 Å². The molecule has 0 saturated heterocycles. The number of hydrogen-bond donors (Lipinski definition) is 0. The van der Waals surface area contributed by atoms with Gasteiger partial charge in [-0.1, -0.05) is 48.8 Å². The van der Waals surface area contributed by atoms with E-state index in [1.54, 1.807) is 0 Å². The van der Waals surface area contributed by atoms with Crippen molar-refractivity contribution in [2.45, 2.75) is 33.6 Å². The molecule has 0 amide bonds. The summed E-state index contributed by atoms with van der Waals surface area (Å²) in [5.41, 5.74) is 2.12. The third-order valence-electron chi connectivity index (χ3n) is 4.06. The van der Waals surface area contributed by atoms with Crippen molar-refractivity contribution in [2.75, 3.05) is 0 Å². The molecule has 1 aliphatic rings. The lowest BCUT2D eigenvalue weighted by Crippen LogP contribution is -2.30. The van der Waals surface area contributed by atoms with Crippen LogP contribution in [0.4, 0.5) is 0 Å². The van der Waals surface area contributed by atoms with Gasteiger partial charge in [-0.15, -0.1) is 0 Å². The van der Waals surface area contributed by atoms with Crippen LogP contribution in [0.25, 0.3) is 6.08 Å². The van der Waals surface area contributed by atoms with Crippen LogP contribution in [0.2, 0.25) is 0 Å². The van der Waals surface area contributed by atoms with Gasteiger partial charge in [0.25, 0.3) is 0 Å². The van der Waals surface area contributed by atoms with Gasteiger partial charge in [0.1, 0.15) is 0 Å². The van der Waals surface area contributed by atoms with E-state index < -0.39 is 0 Å². The van der Waals surface area contributed by atoms with Gasteiger partial charge in [0.2, 0.25) is 0 Å². The fourth-order valence-electron chi connectivity index (χ4n) is 2.76. The Kier molecular flexibility index (Phi) is 4.62. The Hall–Kier alpha value is -0.890. The first-order chi connectivity index (χ1) is 8.99. The number of benzene rings is 1. The van der Waals surface area contributed by atoms with Gasteiger partial charge in [-0.05, 0) is 54.0 Å². The molecule has 0 radical (unpaired) electrons. The van der Waals surface area contributed by atoms with E-state index in [1.807, 2.05) is 12.1 Å². The van der Waals surface area contributed by atoms with E-state index in [-0.39, 0.29) is 5.92 Å². The Morgan fingerprint density at radius 1 is 1.21 bits per heavy atom. The molecule has 0 aromatic heterocycles. The lowest BCUT2D eigenvalue weighted by Gasteiger charge is -2.30. The van der Waals surface area contributed by atoms with Gasteiger partial charge in [0.05, 0.1) is 0 Å². The van der Waals surface area contributed by atoms with Crippen LogP contribution in [0.5, 0.6) is 0 Å². The summed E-state index contributed by atoms with van der Waals surface area (Å²) < 4.78 is 1.07. The molecule has 0 unspecified atom stereocenters. The summed E-state index contributed by atoms with van der Waals surface area (Å²) in [6.07, 6.45) is 4.24. The molecule has 1 aliphatic carbocycles. The maximum absolute atomic E-state index is 12.6. The number of allylic oxidation sites excluding steroid dienone is 1. The SMILES string of the molecule is CC(C)[C@H]1CC[C@H](C)C(=Cc2ccc(Br)cc2)C1=O. The van der Waals surface area contributed by atoms with Gasteiger partial charge in [-0.25, -0.2) is 0 Å². The van der Waals surface area contributed by atoms with Gasteiger partial charge in [-0.3, -0.25) is 4.79 Å². The zero-order chi connectivity index (χ0) is 14.0. The number of hydrogen-bond acceptors (Lipinski definition) is 1. The first-order valence-corrected chi connectivity index (χ1v) is 7.79. The number of carbonyl (C=O) groups is 1. The quantitative estimate of drug-likeness (QED) is 0.692. The van der Waals surface area contributed by atoms with E-state index in [9.17, 15) is 4.79 Å². The van der Waals surface area contributed by atoms with Crippen molar-refractivity contribution in [3.05, 3.63) is 39.9 Å². The minimum atomic E-state index is 0.206. The predicted molar refractivity (Wildman–Crippen MR) is 83.9 cm³/mol.